The van der Waals surface area contributed by atoms with Gasteiger partial charge in [0.15, 0.2) is 0 Å². The van der Waals surface area contributed by atoms with Crippen molar-refractivity contribution in [2.75, 3.05) is 19.7 Å². The Morgan fingerprint density at radius 3 is 2.61 bits per heavy atom. The van der Waals surface area contributed by atoms with E-state index >= 15 is 0 Å². The Labute approximate surface area is 111 Å². The second-order valence-electron chi connectivity index (χ2n) is 5.94. The SMILES string of the molecule is CC(C)C(CO)CNCC(C)(C)c1cccnc1. The molecule has 1 aromatic rings. The van der Waals surface area contributed by atoms with Crippen LogP contribution in [0.15, 0.2) is 24.5 Å². The van der Waals surface area contributed by atoms with E-state index in [9.17, 15) is 5.11 Å². The predicted molar refractivity (Wildman–Crippen MR) is 75.5 cm³/mol. The molecule has 0 spiro atoms. The van der Waals surface area contributed by atoms with Crippen LogP contribution in [0.5, 0.6) is 0 Å². The highest BCUT2D eigenvalue weighted by Crippen LogP contribution is 2.21. The molecule has 0 radical (unpaired) electrons. The van der Waals surface area contributed by atoms with Gasteiger partial charge >= 0.3 is 0 Å². The van der Waals surface area contributed by atoms with E-state index < -0.39 is 0 Å². The number of aromatic nitrogens is 1. The molecule has 1 unspecified atom stereocenters. The van der Waals surface area contributed by atoms with Gasteiger partial charge in [-0.1, -0.05) is 33.8 Å². The van der Waals surface area contributed by atoms with Gasteiger partial charge in [-0.3, -0.25) is 4.98 Å². The maximum Gasteiger partial charge on any atom is 0.0473 e. The molecule has 0 bridgehead atoms. The molecule has 0 saturated heterocycles. The first-order chi connectivity index (χ1) is 8.47. The van der Waals surface area contributed by atoms with Crippen molar-refractivity contribution in [3.8, 4) is 0 Å². The van der Waals surface area contributed by atoms with Crippen molar-refractivity contribution in [3.05, 3.63) is 30.1 Å². The molecule has 1 heterocycles. The van der Waals surface area contributed by atoms with Gasteiger partial charge in [-0.05, 0) is 23.5 Å². The van der Waals surface area contributed by atoms with Crippen LogP contribution in [-0.2, 0) is 5.41 Å². The molecule has 0 aliphatic heterocycles. The number of rotatable bonds is 7. The molecule has 2 N–H and O–H groups in total. The van der Waals surface area contributed by atoms with Crippen LogP contribution < -0.4 is 5.32 Å². The highest BCUT2D eigenvalue weighted by molar-refractivity contribution is 5.19. The Morgan fingerprint density at radius 2 is 2.11 bits per heavy atom. The monoisotopic (exact) mass is 250 g/mol. The van der Waals surface area contributed by atoms with E-state index in [1.165, 1.54) is 5.56 Å². The van der Waals surface area contributed by atoms with Gasteiger partial charge in [-0.15, -0.1) is 0 Å². The molecule has 1 atom stereocenters. The summed E-state index contributed by atoms with van der Waals surface area (Å²) in [5.74, 6) is 0.832. The van der Waals surface area contributed by atoms with Crippen LogP contribution in [0.2, 0.25) is 0 Å². The van der Waals surface area contributed by atoms with E-state index in [4.69, 9.17) is 0 Å². The van der Waals surface area contributed by atoms with Gasteiger partial charge in [0.05, 0.1) is 0 Å². The van der Waals surface area contributed by atoms with Crippen LogP contribution in [0.25, 0.3) is 0 Å². The first kappa shape index (κ1) is 15.1. The lowest BCUT2D eigenvalue weighted by Gasteiger charge is -2.27. The van der Waals surface area contributed by atoms with Crippen LogP contribution in [0.3, 0.4) is 0 Å². The number of hydrogen-bond donors (Lipinski definition) is 2. The van der Waals surface area contributed by atoms with Crippen LogP contribution in [0.1, 0.15) is 33.3 Å². The standard InChI is InChI=1S/C15H26N2O/c1-12(2)13(10-18)8-17-11-15(3,4)14-6-5-7-16-9-14/h5-7,9,12-13,17-18H,8,10-11H2,1-4H3. The molecule has 0 aromatic carbocycles. The normalized spacial score (nSPS) is 13.9. The molecule has 0 saturated carbocycles. The minimum atomic E-state index is 0.0608. The maximum absolute atomic E-state index is 9.29. The molecule has 0 aliphatic rings. The predicted octanol–water partition coefficient (Wildman–Crippen LogP) is 2.21. The van der Waals surface area contributed by atoms with Gasteiger partial charge in [0, 0.05) is 37.5 Å². The van der Waals surface area contributed by atoms with E-state index in [1.54, 1.807) is 6.20 Å². The molecule has 0 aliphatic carbocycles. The molecule has 1 rings (SSSR count). The molecule has 102 valence electrons. The summed E-state index contributed by atoms with van der Waals surface area (Å²) in [6.07, 6.45) is 3.72. The largest absolute Gasteiger partial charge is 0.396 e. The first-order valence-electron chi connectivity index (χ1n) is 6.69. The van der Waals surface area contributed by atoms with Gasteiger partial charge in [-0.25, -0.2) is 0 Å². The third-order valence-electron chi connectivity index (χ3n) is 3.59. The highest BCUT2D eigenvalue weighted by atomic mass is 16.3. The lowest BCUT2D eigenvalue weighted by atomic mass is 9.85. The maximum atomic E-state index is 9.29. The third-order valence-corrected chi connectivity index (χ3v) is 3.59. The van der Waals surface area contributed by atoms with Crippen LogP contribution in [0, 0.1) is 11.8 Å². The zero-order valence-electron chi connectivity index (χ0n) is 12.0. The second kappa shape index (κ2) is 6.86. The summed E-state index contributed by atoms with van der Waals surface area (Å²) in [5.41, 5.74) is 1.30. The zero-order valence-corrected chi connectivity index (χ0v) is 12.0. The fourth-order valence-corrected chi connectivity index (χ4v) is 1.95. The number of aliphatic hydroxyl groups is 1. The van der Waals surface area contributed by atoms with Gasteiger partial charge in [0.2, 0.25) is 0 Å². The number of pyridine rings is 1. The van der Waals surface area contributed by atoms with Gasteiger partial charge in [0.1, 0.15) is 0 Å². The lowest BCUT2D eigenvalue weighted by Crippen LogP contribution is -2.37. The Balaban J connectivity index is 2.47. The number of nitrogens with one attached hydrogen (secondary N) is 1. The smallest absolute Gasteiger partial charge is 0.0473 e. The summed E-state index contributed by atoms with van der Waals surface area (Å²) in [6.45, 7) is 10.7. The Kier molecular flexibility index (Phi) is 5.76. The Hall–Kier alpha value is -0.930. The molecule has 0 amide bonds. The molecule has 1 aromatic heterocycles. The molecular weight excluding hydrogens is 224 g/mol. The van der Waals surface area contributed by atoms with Crippen molar-refractivity contribution in [1.82, 2.24) is 10.3 Å². The number of aliphatic hydroxyl groups excluding tert-OH is 1. The second-order valence-corrected chi connectivity index (χ2v) is 5.94. The average molecular weight is 250 g/mol. The van der Waals surface area contributed by atoms with Crippen molar-refractivity contribution in [1.29, 1.82) is 0 Å². The Bertz CT molecular complexity index is 336. The summed E-state index contributed by atoms with van der Waals surface area (Å²) in [4.78, 5) is 4.17. The molecule has 0 fully saturated rings. The van der Waals surface area contributed by atoms with Crippen molar-refractivity contribution in [2.45, 2.75) is 33.1 Å². The molecule has 18 heavy (non-hydrogen) atoms. The van der Waals surface area contributed by atoms with Gasteiger partial charge < -0.3 is 10.4 Å². The van der Waals surface area contributed by atoms with Gasteiger partial charge in [0.25, 0.3) is 0 Å². The van der Waals surface area contributed by atoms with E-state index in [2.05, 4.69) is 44.1 Å². The highest BCUT2D eigenvalue weighted by Gasteiger charge is 2.21. The summed E-state index contributed by atoms with van der Waals surface area (Å²) < 4.78 is 0. The zero-order chi connectivity index (χ0) is 13.6. The minimum absolute atomic E-state index is 0.0608. The molecule has 3 nitrogen and oxygen atoms in total. The quantitative estimate of drug-likeness (QED) is 0.780. The average Bonchev–Trinajstić information content (AvgIpc) is 2.35. The van der Waals surface area contributed by atoms with Crippen molar-refractivity contribution >= 4 is 0 Å². The van der Waals surface area contributed by atoms with Gasteiger partial charge in [-0.2, -0.15) is 0 Å². The summed E-state index contributed by atoms with van der Waals surface area (Å²) in [5, 5.41) is 12.8. The van der Waals surface area contributed by atoms with E-state index in [0.29, 0.717) is 11.8 Å². The third kappa shape index (κ3) is 4.39. The van der Waals surface area contributed by atoms with E-state index in [0.717, 1.165) is 13.1 Å². The fourth-order valence-electron chi connectivity index (χ4n) is 1.95. The summed E-state index contributed by atoms with van der Waals surface area (Å²) in [6, 6.07) is 4.09. The first-order valence-corrected chi connectivity index (χ1v) is 6.69. The van der Waals surface area contributed by atoms with Crippen molar-refractivity contribution < 1.29 is 5.11 Å². The fraction of sp³-hybridized carbons (Fsp3) is 0.667. The lowest BCUT2D eigenvalue weighted by molar-refractivity contribution is 0.184. The summed E-state index contributed by atoms with van der Waals surface area (Å²) in [7, 11) is 0. The number of nitrogens with zero attached hydrogens (tertiary/aromatic N) is 1. The minimum Gasteiger partial charge on any atom is -0.396 e. The van der Waals surface area contributed by atoms with E-state index in [1.807, 2.05) is 12.3 Å². The molecule has 3 heteroatoms. The topological polar surface area (TPSA) is 45.1 Å². The van der Waals surface area contributed by atoms with Crippen molar-refractivity contribution in [3.63, 3.8) is 0 Å². The molecular formula is C15H26N2O. The van der Waals surface area contributed by atoms with Crippen LogP contribution in [0.4, 0.5) is 0 Å². The summed E-state index contributed by atoms with van der Waals surface area (Å²) >= 11 is 0. The Morgan fingerprint density at radius 1 is 1.39 bits per heavy atom. The van der Waals surface area contributed by atoms with Crippen molar-refractivity contribution in [2.24, 2.45) is 11.8 Å². The van der Waals surface area contributed by atoms with Crippen LogP contribution in [-0.4, -0.2) is 29.8 Å². The number of hydrogen-bond acceptors (Lipinski definition) is 3. The van der Waals surface area contributed by atoms with E-state index in [-0.39, 0.29) is 12.0 Å². The van der Waals surface area contributed by atoms with Crippen LogP contribution >= 0.6 is 0 Å².